The van der Waals surface area contributed by atoms with Gasteiger partial charge in [-0.25, -0.2) is 4.79 Å². The van der Waals surface area contributed by atoms with Crippen molar-refractivity contribution >= 4 is 17.9 Å². The van der Waals surface area contributed by atoms with Crippen LogP contribution in [0.1, 0.15) is 60.8 Å². The van der Waals surface area contributed by atoms with Crippen LogP contribution in [-0.2, 0) is 9.47 Å². The zero-order valence-electron chi connectivity index (χ0n) is 15.3. The molecule has 1 aliphatic carbocycles. The van der Waals surface area contributed by atoms with Gasteiger partial charge in [0, 0.05) is 18.9 Å². The number of hydrogen-bond donors (Lipinski definition) is 2. The Bertz CT molecular complexity index is 364. The lowest BCUT2D eigenvalue weighted by molar-refractivity contribution is -0.288. The first-order valence-electron chi connectivity index (χ1n) is 8.60. The molecule has 1 amide bonds. The van der Waals surface area contributed by atoms with Crippen molar-refractivity contribution in [3.05, 3.63) is 0 Å². The number of amides is 1. The van der Waals surface area contributed by atoms with Crippen LogP contribution < -0.4 is 5.32 Å². The van der Waals surface area contributed by atoms with E-state index in [2.05, 4.69) is 19.2 Å². The number of ether oxygens (including phenoxy) is 2. The molecule has 0 aromatic carbocycles. The zero-order valence-corrected chi connectivity index (χ0v) is 16.1. The minimum absolute atomic E-state index is 0.0293. The largest absolute Gasteiger partial charge is 0.465 e. The van der Waals surface area contributed by atoms with Crippen molar-refractivity contribution in [1.82, 2.24) is 5.32 Å². The average molecular weight is 348 g/mol. The second-order valence-corrected chi connectivity index (χ2v) is 8.79. The fourth-order valence-electron chi connectivity index (χ4n) is 3.20. The Labute approximate surface area is 144 Å². The number of carboxylic acid groups (broad SMARTS) is 1. The molecule has 136 valence electrons. The lowest BCUT2D eigenvalue weighted by atomic mass is 9.81. The number of rotatable bonds is 8. The van der Waals surface area contributed by atoms with Crippen LogP contribution in [0.3, 0.4) is 0 Å². The summed E-state index contributed by atoms with van der Waals surface area (Å²) in [6, 6.07) is -0.0293. The van der Waals surface area contributed by atoms with E-state index in [0.717, 1.165) is 25.0 Å². The van der Waals surface area contributed by atoms with Crippen molar-refractivity contribution in [3.63, 3.8) is 0 Å². The van der Waals surface area contributed by atoms with Crippen LogP contribution in [0.2, 0.25) is 0 Å². The number of carbonyl (C=O) groups is 1. The van der Waals surface area contributed by atoms with Crippen LogP contribution in [0.15, 0.2) is 0 Å². The van der Waals surface area contributed by atoms with Gasteiger partial charge in [0.2, 0.25) is 0 Å². The molecule has 5 nitrogen and oxygen atoms in total. The smallest absolute Gasteiger partial charge is 0.404 e. The molecule has 0 heterocycles. The van der Waals surface area contributed by atoms with Crippen molar-refractivity contribution in [2.45, 2.75) is 90.1 Å². The van der Waals surface area contributed by atoms with Gasteiger partial charge in [0.05, 0.1) is 12.2 Å². The molecular weight excluding hydrogens is 314 g/mol. The summed E-state index contributed by atoms with van der Waals surface area (Å²) in [6.07, 6.45) is 1.41. The van der Waals surface area contributed by atoms with Gasteiger partial charge >= 0.3 is 6.09 Å². The predicted octanol–water partition coefficient (Wildman–Crippen LogP) is 4.11. The van der Waals surface area contributed by atoms with Crippen LogP contribution >= 0.6 is 11.8 Å². The van der Waals surface area contributed by atoms with E-state index < -0.39 is 11.9 Å². The summed E-state index contributed by atoms with van der Waals surface area (Å²) in [5.74, 6) is 0.527. The Hall–Kier alpha value is -0.460. The van der Waals surface area contributed by atoms with Crippen molar-refractivity contribution in [2.24, 2.45) is 5.92 Å². The minimum Gasteiger partial charge on any atom is -0.465 e. The SMILES string of the molecule is CC(C)OC1(OC(C)C)CC[C@H](NC(=O)O)[C@H](CSC(C)C)C1. The Kier molecular flexibility index (Phi) is 8.18. The molecule has 1 aliphatic rings. The Morgan fingerprint density at radius 2 is 1.78 bits per heavy atom. The van der Waals surface area contributed by atoms with E-state index in [1.165, 1.54) is 0 Å². The number of hydrogen-bond acceptors (Lipinski definition) is 4. The average Bonchev–Trinajstić information content (AvgIpc) is 2.37. The zero-order chi connectivity index (χ0) is 17.6. The van der Waals surface area contributed by atoms with Gasteiger partial charge in [0.1, 0.15) is 0 Å². The minimum atomic E-state index is -0.948. The molecule has 0 saturated heterocycles. The highest BCUT2D eigenvalue weighted by Gasteiger charge is 2.44. The normalized spacial score (nSPS) is 24.4. The fraction of sp³-hybridized carbons (Fsp3) is 0.941. The summed E-state index contributed by atoms with van der Waals surface area (Å²) in [5, 5.41) is 12.3. The van der Waals surface area contributed by atoms with Gasteiger partial charge in [-0.2, -0.15) is 11.8 Å². The van der Waals surface area contributed by atoms with Crippen LogP contribution in [0.4, 0.5) is 4.79 Å². The molecule has 1 rings (SSSR count). The van der Waals surface area contributed by atoms with E-state index in [9.17, 15) is 4.79 Å². The molecule has 0 unspecified atom stereocenters. The second kappa shape index (κ2) is 9.14. The highest BCUT2D eigenvalue weighted by molar-refractivity contribution is 7.99. The fourth-order valence-corrected chi connectivity index (χ4v) is 4.18. The molecule has 1 fully saturated rings. The molecule has 0 aromatic rings. The van der Waals surface area contributed by atoms with Crippen LogP contribution in [0.25, 0.3) is 0 Å². The molecule has 0 spiro atoms. The molecule has 2 atom stereocenters. The van der Waals surface area contributed by atoms with Crippen molar-refractivity contribution < 1.29 is 19.4 Å². The molecule has 0 aromatic heterocycles. The van der Waals surface area contributed by atoms with E-state index >= 15 is 0 Å². The Morgan fingerprint density at radius 1 is 1.22 bits per heavy atom. The summed E-state index contributed by atoms with van der Waals surface area (Å²) in [7, 11) is 0. The predicted molar refractivity (Wildman–Crippen MR) is 95.1 cm³/mol. The molecular formula is C17H33NO4S. The third-order valence-corrected chi connectivity index (χ3v) is 5.12. The monoisotopic (exact) mass is 347 g/mol. The summed E-state index contributed by atoms with van der Waals surface area (Å²) >= 11 is 1.86. The molecule has 0 aliphatic heterocycles. The van der Waals surface area contributed by atoms with Crippen LogP contribution in [0, 0.1) is 5.92 Å². The van der Waals surface area contributed by atoms with Gasteiger partial charge in [-0.05, 0) is 51.0 Å². The third kappa shape index (κ3) is 7.31. The van der Waals surface area contributed by atoms with Gasteiger partial charge < -0.3 is 19.9 Å². The van der Waals surface area contributed by atoms with Crippen LogP contribution in [-0.4, -0.2) is 46.2 Å². The van der Waals surface area contributed by atoms with Crippen molar-refractivity contribution in [2.75, 3.05) is 5.75 Å². The van der Waals surface area contributed by atoms with Crippen LogP contribution in [0.5, 0.6) is 0 Å². The summed E-state index contributed by atoms with van der Waals surface area (Å²) < 4.78 is 12.3. The van der Waals surface area contributed by atoms with Gasteiger partial charge in [-0.1, -0.05) is 13.8 Å². The standard InChI is InChI=1S/C17H33NO4S/c1-11(2)21-17(22-12(3)4)8-7-15(18-16(19)20)14(9-17)10-23-13(5)6/h11-15,18H,7-10H2,1-6H3,(H,19,20)/t14-,15-/m0/s1. The quantitative estimate of drug-likeness (QED) is 0.647. The topological polar surface area (TPSA) is 67.8 Å². The van der Waals surface area contributed by atoms with Gasteiger partial charge in [-0.15, -0.1) is 0 Å². The van der Waals surface area contributed by atoms with E-state index in [-0.39, 0.29) is 24.2 Å². The second-order valence-electron chi connectivity index (χ2n) is 7.18. The number of thioether (sulfide) groups is 1. The summed E-state index contributed by atoms with van der Waals surface area (Å²) in [4.78, 5) is 11.1. The molecule has 0 bridgehead atoms. The summed E-state index contributed by atoms with van der Waals surface area (Å²) in [6.45, 7) is 12.4. The molecule has 6 heteroatoms. The van der Waals surface area contributed by atoms with Gasteiger partial charge in [0.25, 0.3) is 0 Å². The maximum Gasteiger partial charge on any atom is 0.404 e. The maximum absolute atomic E-state index is 11.1. The highest BCUT2D eigenvalue weighted by Crippen LogP contribution is 2.40. The lowest BCUT2D eigenvalue weighted by Gasteiger charge is -2.45. The Balaban J connectivity index is 2.88. The molecule has 0 radical (unpaired) electrons. The van der Waals surface area contributed by atoms with E-state index in [1.807, 2.05) is 39.5 Å². The molecule has 2 N–H and O–H groups in total. The third-order valence-electron chi connectivity index (χ3n) is 3.83. The first-order valence-corrected chi connectivity index (χ1v) is 9.65. The molecule has 1 saturated carbocycles. The Morgan fingerprint density at radius 3 is 2.22 bits per heavy atom. The van der Waals surface area contributed by atoms with Gasteiger partial charge in [-0.3, -0.25) is 0 Å². The number of nitrogens with one attached hydrogen (secondary N) is 1. The van der Waals surface area contributed by atoms with Gasteiger partial charge in [0.15, 0.2) is 5.79 Å². The van der Waals surface area contributed by atoms with E-state index in [1.54, 1.807) is 0 Å². The molecule has 23 heavy (non-hydrogen) atoms. The van der Waals surface area contributed by atoms with Crippen molar-refractivity contribution in [3.8, 4) is 0 Å². The highest BCUT2D eigenvalue weighted by atomic mass is 32.2. The first-order chi connectivity index (χ1) is 10.6. The lowest BCUT2D eigenvalue weighted by Crippen LogP contribution is -2.53. The first kappa shape index (κ1) is 20.6. The summed E-state index contributed by atoms with van der Waals surface area (Å²) in [5.41, 5.74) is 0. The van der Waals surface area contributed by atoms with E-state index in [0.29, 0.717) is 5.25 Å². The van der Waals surface area contributed by atoms with E-state index in [4.69, 9.17) is 14.6 Å². The maximum atomic E-state index is 11.1. The van der Waals surface area contributed by atoms with Crippen molar-refractivity contribution in [1.29, 1.82) is 0 Å².